The average molecular weight is 529 g/mol. The van der Waals surface area contributed by atoms with Gasteiger partial charge >= 0.3 is 0 Å². The van der Waals surface area contributed by atoms with Gasteiger partial charge in [0, 0.05) is 30.1 Å². The summed E-state index contributed by atoms with van der Waals surface area (Å²) >= 11 is 0. The highest BCUT2D eigenvalue weighted by atomic mass is 16.5. The van der Waals surface area contributed by atoms with E-state index in [1.54, 1.807) is 31.2 Å². The van der Waals surface area contributed by atoms with E-state index < -0.39 is 0 Å². The van der Waals surface area contributed by atoms with Crippen LogP contribution >= 0.6 is 0 Å². The summed E-state index contributed by atoms with van der Waals surface area (Å²) in [4.78, 5) is 18.5. The van der Waals surface area contributed by atoms with Crippen LogP contribution in [-0.2, 0) is 19.6 Å². The Hall–Kier alpha value is -4.44. The third-order valence-electron chi connectivity index (χ3n) is 6.88. The van der Waals surface area contributed by atoms with E-state index in [1.807, 2.05) is 24.3 Å². The fourth-order valence-electron chi connectivity index (χ4n) is 4.84. The average Bonchev–Trinajstić information content (AvgIpc) is 3.63. The van der Waals surface area contributed by atoms with Crippen molar-refractivity contribution in [1.82, 2.24) is 30.1 Å². The molecule has 0 fully saturated rings. The van der Waals surface area contributed by atoms with E-state index in [0.29, 0.717) is 48.0 Å². The molecule has 39 heavy (non-hydrogen) atoms. The molecule has 0 spiro atoms. The van der Waals surface area contributed by atoms with Gasteiger partial charge in [-0.2, -0.15) is 0 Å². The monoisotopic (exact) mass is 528 g/mol. The highest BCUT2D eigenvalue weighted by molar-refractivity contribution is 5.83. The Bertz CT molecular complexity index is 1590. The molecule has 5 aromatic rings. The molecular formula is C29H32N6O4. The molecular weight excluding hydrogens is 496 g/mol. The van der Waals surface area contributed by atoms with Crippen LogP contribution in [0.2, 0.25) is 0 Å². The first kappa shape index (κ1) is 26.2. The number of pyridine rings is 1. The maximum absolute atomic E-state index is 13.3. The second-order valence-corrected chi connectivity index (χ2v) is 9.51. The molecule has 0 bridgehead atoms. The fourth-order valence-corrected chi connectivity index (χ4v) is 4.84. The van der Waals surface area contributed by atoms with Crippen molar-refractivity contribution in [2.75, 3.05) is 14.2 Å². The summed E-state index contributed by atoms with van der Waals surface area (Å²) < 4.78 is 18.2. The van der Waals surface area contributed by atoms with Gasteiger partial charge in [-0.05, 0) is 53.6 Å². The first-order chi connectivity index (χ1) is 19.0. The molecule has 0 amide bonds. The molecule has 3 heterocycles. The molecule has 3 aromatic heterocycles. The van der Waals surface area contributed by atoms with Crippen molar-refractivity contribution in [3.8, 4) is 11.5 Å². The van der Waals surface area contributed by atoms with Crippen molar-refractivity contribution in [2.45, 2.75) is 45.9 Å². The number of aryl methyl sites for hydroxylation is 1. The van der Waals surface area contributed by atoms with E-state index in [4.69, 9.17) is 13.9 Å². The molecule has 0 aliphatic rings. The first-order valence-electron chi connectivity index (χ1n) is 12.8. The number of nitrogens with zero attached hydrogens (tertiary/aromatic N) is 5. The SMILES string of the molecule is CCC(c1nnnn1Cc1ccco1)N(Cc1ccc(C)cc1)Cc1cc2cc(OC)c(OC)cc2[nH]c1=O. The van der Waals surface area contributed by atoms with E-state index >= 15 is 0 Å². The summed E-state index contributed by atoms with van der Waals surface area (Å²) in [6.07, 6.45) is 2.37. The summed E-state index contributed by atoms with van der Waals surface area (Å²) in [5, 5.41) is 13.5. The maximum atomic E-state index is 13.3. The molecule has 0 aliphatic carbocycles. The van der Waals surface area contributed by atoms with Gasteiger partial charge in [0.05, 0.1) is 32.0 Å². The van der Waals surface area contributed by atoms with Crippen LogP contribution in [0.4, 0.5) is 0 Å². The number of benzene rings is 2. The van der Waals surface area contributed by atoms with Gasteiger partial charge < -0.3 is 18.9 Å². The molecule has 5 rings (SSSR count). The van der Waals surface area contributed by atoms with Gasteiger partial charge in [0.25, 0.3) is 5.56 Å². The third kappa shape index (κ3) is 5.70. The predicted octanol–water partition coefficient (Wildman–Crippen LogP) is 4.64. The first-order valence-corrected chi connectivity index (χ1v) is 12.8. The lowest BCUT2D eigenvalue weighted by Gasteiger charge is -2.30. The van der Waals surface area contributed by atoms with Crippen LogP contribution in [0.1, 0.15) is 47.7 Å². The molecule has 2 aromatic carbocycles. The molecule has 1 atom stereocenters. The van der Waals surface area contributed by atoms with Crippen LogP contribution in [0.25, 0.3) is 10.9 Å². The number of ether oxygens (including phenoxy) is 2. The van der Waals surface area contributed by atoms with Gasteiger partial charge in [0.2, 0.25) is 0 Å². The summed E-state index contributed by atoms with van der Waals surface area (Å²) in [5.74, 6) is 2.63. The summed E-state index contributed by atoms with van der Waals surface area (Å²) in [7, 11) is 3.17. The second kappa shape index (κ2) is 11.5. The molecule has 0 radical (unpaired) electrons. The number of aromatic amines is 1. The molecule has 1 unspecified atom stereocenters. The van der Waals surface area contributed by atoms with Gasteiger partial charge in [-0.25, -0.2) is 4.68 Å². The van der Waals surface area contributed by atoms with Gasteiger partial charge in [-0.3, -0.25) is 9.69 Å². The summed E-state index contributed by atoms with van der Waals surface area (Å²) in [6.45, 7) is 5.58. The van der Waals surface area contributed by atoms with Crippen LogP contribution in [0.15, 0.2) is 70.1 Å². The minimum absolute atomic E-state index is 0.156. The number of methoxy groups -OCH3 is 2. The predicted molar refractivity (Wildman–Crippen MR) is 147 cm³/mol. The largest absolute Gasteiger partial charge is 0.493 e. The lowest BCUT2D eigenvalue weighted by atomic mass is 10.1. The van der Waals surface area contributed by atoms with E-state index in [2.05, 4.69) is 63.5 Å². The number of rotatable bonds is 11. The van der Waals surface area contributed by atoms with Gasteiger partial charge in [0.15, 0.2) is 17.3 Å². The van der Waals surface area contributed by atoms with Crippen molar-refractivity contribution >= 4 is 10.9 Å². The van der Waals surface area contributed by atoms with Gasteiger partial charge in [0.1, 0.15) is 12.3 Å². The fraction of sp³-hybridized carbons (Fsp3) is 0.310. The Labute approximate surface area is 226 Å². The molecule has 0 aliphatic heterocycles. The van der Waals surface area contributed by atoms with Crippen molar-refractivity contribution in [3.63, 3.8) is 0 Å². The van der Waals surface area contributed by atoms with E-state index in [1.165, 1.54) is 5.56 Å². The van der Waals surface area contributed by atoms with Crippen LogP contribution in [0.3, 0.4) is 0 Å². The molecule has 202 valence electrons. The van der Waals surface area contributed by atoms with Crippen LogP contribution in [-0.4, -0.2) is 44.3 Å². The Kier molecular flexibility index (Phi) is 7.74. The van der Waals surface area contributed by atoms with Crippen molar-refractivity contribution < 1.29 is 13.9 Å². The Balaban J connectivity index is 1.53. The number of nitrogens with one attached hydrogen (secondary N) is 1. The van der Waals surface area contributed by atoms with Gasteiger partial charge in [-0.15, -0.1) is 5.10 Å². The van der Waals surface area contributed by atoms with E-state index in [0.717, 1.165) is 23.1 Å². The molecule has 10 heteroatoms. The van der Waals surface area contributed by atoms with Crippen LogP contribution in [0.5, 0.6) is 11.5 Å². The number of fused-ring (bicyclic) bond motifs is 1. The highest BCUT2D eigenvalue weighted by Gasteiger charge is 2.26. The zero-order valence-electron chi connectivity index (χ0n) is 22.5. The van der Waals surface area contributed by atoms with E-state index in [-0.39, 0.29) is 11.6 Å². The van der Waals surface area contributed by atoms with Crippen molar-refractivity contribution in [2.24, 2.45) is 0 Å². The molecule has 10 nitrogen and oxygen atoms in total. The second-order valence-electron chi connectivity index (χ2n) is 9.51. The number of tetrazole rings is 1. The lowest BCUT2D eigenvalue weighted by molar-refractivity contribution is 0.161. The maximum Gasteiger partial charge on any atom is 0.252 e. The number of hydrogen-bond donors (Lipinski definition) is 1. The molecule has 1 N–H and O–H groups in total. The Morgan fingerprint density at radius 2 is 1.82 bits per heavy atom. The van der Waals surface area contributed by atoms with E-state index in [9.17, 15) is 4.79 Å². The minimum Gasteiger partial charge on any atom is -0.493 e. The zero-order chi connectivity index (χ0) is 27.4. The Morgan fingerprint density at radius 3 is 2.51 bits per heavy atom. The third-order valence-corrected chi connectivity index (χ3v) is 6.88. The number of furan rings is 1. The minimum atomic E-state index is -0.159. The Morgan fingerprint density at radius 1 is 1.05 bits per heavy atom. The smallest absolute Gasteiger partial charge is 0.252 e. The number of H-pyrrole nitrogens is 1. The zero-order valence-corrected chi connectivity index (χ0v) is 22.5. The highest BCUT2D eigenvalue weighted by Crippen LogP contribution is 2.32. The number of aromatic nitrogens is 5. The standard InChI is InChI=1S/C29H32N6O4/c1-5-25(28-31-32-33-35(28)18-23-7-6-12-39-23)34(16-20-10-8-19(2)9-11-20)17-22-13-21-14-26(37-3)27(38-4)15-24(21)30-29(22)36/h6-15,25H,5,16-18H2,1-4H3,(H,30,36). The quantitative estimate of drug-likeness (QED) is 0.264. The topological polar surface area (TPSA) is 111 Å². The summed E-state index contributed by atoms with van der Waals surface area (Å²) in [6, 6.07) is 17.6. The van der Waals surface area contributed by atoms with Crippen molar-refractivity contribution in [1.29, 1.82) is 0 Å². The number of hydrogen-bond acceptors (Lipinski definition) is 8. The van der Waals surface area contributed by atoms with Gasteiger partial charge in [-0.1, -0.05) is 36.8 Å². The van der Waals surface area contributed by atoms with Crippen molar-refractivity contribution in [3.05, 3.63) is 99.5 Å². The van der Waals surface area contributed by atoms with Crippen LogP contribution < -0.4 is 15.0 Å². The molecule has 0 saturated heterocycles. The molecule has 0 saturated carbocycles. The normalized spacial score (nSPS) is 12.2. The summed E-state index contributed by atoms with van der Waals surface area (Å²) in [5.41, 5.74) is 3.47. The van der Waals surface area contributed by atoms with Crippen LogP contribution in [0, 0.1) is 6.92 Å². The lowest BCUT2D eigenvalue weighted by Crippen LogP contribution is -2.32.